The lowest BCUT2D eigenvalue weighted by atomic mass is 9.79. The zero-order chi connectivity index (χ0) is 18.6. The van der Waals surface area contributed by atoms with Crippen molar-refractivity contribution in [2.24, 2.45) is 4.99 Å². The second kappa shape index (κ2) is 9.78. The van der Waals surface area contributed by atoms with Gasteiger partial charge < -0.3 is 10.6 Å². The lowest BCUT2D eigenvalue weighted by Crippen LogP contribution is -2.44. The molecule has 2 fully saturated rings. The highest BCUT2D eigenvalue weighted by Gasteiger charge is 2.36. The number of nitrogens with one attached hydrogen (secondary N) is 2. The van der Waals surface area contributed by atoms with Crippen molar-refractivity contribution in [2.75, 3.05) is 24.6 Å². The summed E-state index contributed by atoms with van der Waals surface area (Å²) in [7, 11) is -2.90. The largest absolute Gasteiger partial charge is 0.357 e. The van der Waals surface area contributed by atoms with Crippen molar-refractivity contribution in [1.29, 1.82) is 0 Å². The fraction of sp³-hybridized carbons (Fsp3) is 0.632. The van der Waals surface area contributed by atoms with Gasteiger partial charge in [-0.05, 0) is 43.9 Å². The molecular formula is C19H29ClIN3O2S. The second-order valence-electron chi connectivity index (χ2n) is 7.43. The van der Waals surface area contributed by atoms with Crippen LogP contribution in [-0.4, -0.2) is 45.0 Å². The molecule has 1 unspecified atom stereocenters. The lowest BCUT2D eigenvalue weighted by Gasteiger charge is -2.28. The number of hydrogen-bond acceptors (Lipinski definition) is 3. The van der Waals surface area contributed by atoms with Crippen molar-refractivity contribution in [3.63, 3.8) is 0 Å². The number of guanidine groups is 1. The smallest absolute Gasteiger partial charge is 0.191 e. The maximum absolute atomic E-state index is 11.7. The van der Waals surface area contributed by atoms with Crippen molar-refractivity contribution in [1.82, 2.24) is 10.6 Å². The zero-order valence-electron chi connectivity index (χ0n) is 15.7. The Labute approximate surface area is 184 Å². The van der Waals surface area contributed by atoms with Crippen molar-refractivity contribution in [3.05, 3.63) is 34.9 Å². The highest BCUT2D eigenvalue weighted by Crippen LogP contribution is 2.41. The number of hydrogen-bond donors (Lipinski definition) is 2. The Hall–Kier alpha value is -0.540. The van der Waals surface area contributed by atoms with Crippen LogP contribution in [0.2, 0.25) is 5.02 Å². The summed E-state index contributed by atoms with van der Waals surface area (Å²) in [4.78, 5) is 4.84. The quantitative estimate of drug-likeness (QED) is 0.351. The van der Waals surface area contributed by atoms with Gasteiger partial charge in [0.2, 0.25) is 0 Å². The molecule has 0 bridgehead atoms. The minimum Gasteiger partial charge on any atom is -0.357 e. The summed E-state index contributed by atoms with van der Waals surface area (Å²) in [5.74, 6) is 1.17. The Morgan fingerprint density at radius 2 is 1.93 bits per heavy atom. The molecule has 152 valence electrons. The van der Waals surface area contributed by atoms with Crippen LogP contribution in [0.1, 0.15) is 44.6 Å². The van der Waals surface area contributed by atoms with Crippen LogP contribution in [0.25, 0.3) is 0 Å². The first-order chi connectivity index (χ1) is 12.4. The average molecular weight is 526 g/mol. The summed E-state index contributed by atoms with van der Waals surface area (Å²) in [6.45, 7) is 3.47. The third kappa shape index (κ3) is 5.97. The van der Waals surface area contributed by atoms with Crippen LogP contribution in [0.4, 0.5) is 0 Å². The van der Waals surface area contributed by atoms with E-state index in [4.69, 9.17) is 16.6 Å². The highest BCUT2D eigenvalue weighted by atomic mass is 127. The number of aliphatic imine (C=N–C) groups is 1. The van der Waals surface area contributed by atoms with Gasteiger partial charge in [0, 0.05) is 23.0 Å². The van der Waals surface area contributed by atoms with Crippen LogP contribution in [0, 0.1) is 0 Å². The van der Waals surface area contributed by atoms with Crippen LogP contribution in [0.3, 0.4) is 0 Å². The molecule has 0 radical (unpaired) electrons. The van der Waals surface area contributed by atoms with Gasteiger partial charge in [-0.3, -0.25) is 4.99 Å². The van der Waals surface area contributed by atoms with Crippen LogP contribution >= 0.6 is 35.6 Å². The van der Waals surface area contributed by atoms with Crippen molar-refractivity contribution in [2.45, 2.75) is 50.5 Å². The van der Waals surface area contributed by atoms with E-state index in [0.717, 1.165) is 30.4 Å². The Kier molecular flexibility index (Phi) is 8.24. The van der Waals surface area contributed by atoms with Gasteiger partial charge in [0.25, 0.3) is 0 Å². The molecule has 1 saturated carbocycles. The van der Waals surface area contributed by atoms with E-state index in [0.29, 0.717) is 13.0 Å². The van der Waals surface area contributed by atoms with E-state index < -0.39 is 9.84 Å². The van der Waals surface area contributed by atoms with Crippen molar-refractivity contribution in [3.8, 4) is 0 Å². The van der Waals surface area contributed by atoms with E-state index in [1.54, 1.807) is 0 Å². The predicted molar refractivity (Wildman–Crippen MR) is 123 cm³/mol. The van der Waals surface area contributed by atoms with Gasteiger partial charge in [-0.1, -0.05) is 36.6 Å². The molecule has 2 aliphatic rings. The number of sulfone groups is 1. The molecule has 5 nitrogen and oxygen atoms in total. The fourth-order valence-corrected chi connectivity index (χ4v) is 5.85. The molecule has 1 aliphatic carbocycles. The summed E-state index contributed by atoms with van der Waals surface area (Å²) in [5, 5.41) is 7.33. The molecule has 8 heteroatoms. The maximum atomic E-state index is 11.7. The maximum Gasteiger partial charge on any atom is 0.191 e. The fourth-order valence-electron chi connectivity index (χ4n) is 4.05. The molecule has 1 aliphatic heterocycles. The minimum absolute atomic E-state index is 0. The van der Waals surface area contributed by atoms with E-state index >= 15 is 0 Å². The van der Waals surface area contributed by atoms with Crippen LogP contribution in [0.5, 0.6) is 0 Å². The molecule has 0 amide bonds. The molecule has 1 atom stereocenters. The first kappa shape index (κ1) is 22.7. The number of rotatable bonds is 5. The molecule has 1 aromatic rings. The van der Waals surface area contributed by atoms with Gasteiger partial charge >= 0.3 is 0 Å². The standard InChI is InChI=1S/C19H28ClN3O2S.HI/c1-2-21-18(23-17-9-12-26(24,25)13-17)22-14-19(10-3-4-11-19)15-5-7-16(20)8-6-15;/h5-8,17H,2-4,9-14H2,1H3,(H2,21,22,23);1H. The summed E-state index contributed by atoms with van der Waals surface area (Å²) in [6.07, 6.45) is 5.31. The van der Waals surface area contributed by atoms with E-state index in [2.05, 4.69) is 22.8 Å². The van der Waals surface area contributed by atoms with Crippen LogP contribution < -0.4 is 10.6 Å². The SMILES string of the molecule is CCNC(=NCC1(c2ccc(Cl)cc2)CCCC1)NC1CCS(=O)(=O)C1.I. The van der Waals surface area contributed by atoms with Gasteiger partial charge in [0.05, 0.1) is 18.1 Å². The minimum atomic E-state index is -2.90. The predicted octanol–water partition coefficient (Wildman–Crippen LogP) is 3.51. The van der Waals surface area contributed by atoms with Crippen molar-refractivity contribution >= 4 is 51.4 Å². The average Bonchev–Trinajstić information content (AvgIpc) is 3.21. The lowest BCUT2D eigenvalue weighted by molar-refractivity contribution is 0.452. The third-order valence-electron chi connectivity index (χ3n) is 5.47. The Balaban J connectivity index is 0.00000261. The summed E-state index contributed by atoms with van der Waals surface area (Å²) in [5.41, 5.74) is 1.34. The normalized spacial score (nSPS) is 23.6. The molecule has 0 aromatic heterocycles. The Morgan fingerprint density at radius 1 is 1.26 bits per heavy atom. The molecular weight excluding hydrogens is 497 g/mol. The second-order valence-corrected chi connectivity index (χ2v) is 10.1. The van der Waals surface area contributed by atoms with E-state index in [-0.39, 0.29) is 46.9 Å². The van der Waals surface area contributed by atoms with Crippen LogP contribution in [-0.2, 0) is 15.3 Å². The molecule has 2 N–H and O–H groups in total. The van der Waals surface area contributed by atoms with Gasteiger partial charge in [-0.2, -0.15) is 0 Å². The van der Waals surface area contributed by atoms with E-state index in [1.807, 2.05) is 19.1 Å². The summed E-state index contributed by atoms with van der Waals surface area (Å²) >= 11 is 6.05. The molecule has 27 heavy (non-hydrogen) atoms. The number of nitrogens with zero attached hydrogens (tertiary/aromatic N) is 1. The highest BCUT2D eigenvalue weighted by molar-refractivity contribution is 14.0. The van der Waals surface area contributed by atoms with Gasteiger partial charge in [-0.15, -0.1) is 24.0 Å². The zero-order valence-corrected chi connectivity index (χ0v) is 19.6. The molecule has 0 spiro atoms. The van der Waals surface area contributed by atoms with Gasteiger partial charge in [-0.25, -0.2) is 8.42 Å². The van der Waals surface area contributed by atoms with Gasteiger partial charge in [0.1, 0.15) is 0 Å². The monoisotopic (exact) mass is 525 g/mol. The number of halogens is 2. The Bertz CT molecular complexity index is 747. The third-order valence-corrected chi connectivity index (χ3v) is 7.49. The molecule has 1 saturated heterocycles. The topological polar surface area (TPSA) is 70.6 Å². The van der Waals surface area contributed by atoms with Crippen molar-refractivity contribution < 1.29 is 8.42 Å². The first-order valence-electron chi connectivity index (χ1n) is 9.44. The molecule has 3 rings (SSSR count). The first-order valence-corrected chi connectivity index (χ1v) is 11.6. The summed E-state index contributed by atoms with van der Waals surface area (Å²) < 4.78 is 23.4. The number of benzene rings is 1. The van der Waals surface area contributed by atoms with Gasteiger partial charge in [0.15, 0.2) is 15.8 Å². The van der Waals surface area contributed by atoms with E-state index in [1.165, 1.54) is 18.4 Å². The molecule has 1 aromatic carbocycles. The Morgan fingerprint density at radius 3 is 2.48 bits per heavy atom. The van der Waals surface area contributed by atoms with Crippen LogP contribution in [0.15, 0.2) is 29.3 Å². The summed E-state index contributed by atoms with van der Waals surface area (Å²) in [6, 6.07) is 8.09. The molecule has 1 heterocycles. The van der Waals surface area contributed by atoms with E-state index in [9.17, 15) is 8.42 Å².